The molecule has 0 saturated carbocycles. The van der Waals surface area contributed by atoms with Gasteiger partial charge in [0.1, 0.15) is 5.02 Å². The minimum Gasteiger partial charge on any atom is -0.339 e. The number of nitro benzene ring substituents is 1. The first-order valence-corrected chi connectivity index (χ1v) is 7.13. The number of carbonyl (C=O) groups is 1. The summed E-state index contributed by atoms with van der Waals surface area (Å²) in [6.45, 7) is 3.86. The van der Waals surface area contributed by atoms with E-state index < -0.39 is 4.92 Å². The molecule has 1 aromatic carbocycles. The third kappa shape index (κ3) is 4.68. The van der Waals surface area contributed by atoms with Gasteiger partial charge in [0.2, 0.25) is 0 Å². The van der Waals surface area contributed by atoms with Crippen molar-refractivity contribution in [3.8, 4) is 0 Å². The van der Waals surface area contributed by atoms with E-state index in [1.165, 1.54) is 18.2 Å². The monoisotopic (exact) mass is 313 g/mol. The summed E-state index contributed by atoms with van der Waals surface area (Å²) >= 11 is 5.99. The first kappa shape index (κ1) is 17.4. The second-order valence-corrected chi connectivity index (χ2v) is 5.32. The highest BCUT2D eigenvalue weighted by atomic mass is 35.5. The van der Waals surface area contributed by atoms with Crippen molar-refractivity contribution >= 4 is 23.2 Å². The minimum absolute atomic E-state index is 0.0986. The zero-order valence-corrected chi connectivity index (χ0v) is 13.3. The first-order chi connectivity index (χ1) is 9.88. The van der Waals surface area contributed by atoms with Gasteiger partial charge in [-0.05, 0) is 40.1 Å². The Hall–Kier alpha value is -1.66. The molecule has 0 atom stereocenters. The van der Waals surface area contributed by atoms with Crippen LogP contribution in [0.4, 0.5) is 5.69 Å². The van der Waals surface area contributed by atoms with Crippen LogP contribution in [-0.4, -0.2) is 54.4 Å². The van der Waals surface area contributed by atoms with Crippen LogP contribution >= 0.6 is 11.6 Å². The number of hydrogen-bond donors (Lipinski definition) is 0. The van der Waals surface area contributed by atoms with Crippen LogP contribution in [0.15, 0.2) is 18.2 Å². The van der Waals surface area contributed by atoms with Gasteiger partial charge in [-0.15, -0.1) is 0 Å². The van der Waals surface area contributed by atoms with Crippen molar-refractivity contribution in [2.24, 2.45) is 0 Å². The molecule has 21 heavy (non-hydrogen) atoms. The Morgan fingerprint density at radius 1 is 1.33 bits per heavy atom. The average molecular weight is 314 g/mol. The van der Waals surface area contributed by atoms with E-state index in [9.17, 15) is 14.9 Å². The summed E-state index contributed by atoms with van der Waals surface area (Å²) in [5.41, 5.74) is -0.0653. The molecule has 116 valence electrons. The lowest BCUT2D eigenvalue weighted by atomic mass is 10.1. The van der Waals surface area contributed by atoms with Crippen LogP contribution in [0.3, 0.4) is 0 Å². The molecule has 7 heteroatoms. The summed E-state index contributed by atoms with van der Waals surface area (Å²) in [7, 11) is 3.94. The van der Waals surface area contributed by atoms with E-state index in [1.54, 1.807) is 4.90 Å². The number of benzene rings is 1. The summed E-state index contributed by atoms with van der Waals surface area (Å²) in [4.78, 5) is 26.4. The Morgan fingerprint density at radius 3 is 2.52 bits per heavy atom. The Kier molecular flexibility index (Phi) is 6.58. The second kappa shape index (κ2) is 7.95. The Balaban J connectivity index is 2.90. The summed E-state index contributed by atoms with van der Waals surface area (Å²) in [5.74, 6) is -0.273. The summed E-state index contributed by atoms with van der Waals surface area (Å²) in [5, 5.41) is 10.8. The summed E-state index contributed by atoms with van der Waals surface area (Å²) in [6.07, 6.45) is 0.832. The molecule has 0 unspecified atom stereocenters. The number of hydrogen-bond acceptors (Lipinski definition) is 4. The first-order valence-electron chi connectivity index (χ1n) is 6.75. The van der Waals surface area contributed by atoms with E-state index in [-0.39, 0.29) is 22.2 Å². The molecular weight excluding hydrogens is 294 g/mol. The predicted octanol–water partition coefficient (Wildman–Crippen LogP) is 2.66. The highest BCUT2D eigenvalue weighted by Gasteiger charge is 2.22. The molecule has 1 rings (SSSR count). The van der Waals surface area contributed by atoms with Gasteiger partial charge in [0, 0.05) is 19.2 Å². The zero-order chi connectivity index (χ0) is 16.0. The lowest BCUT2D eigenvalue weighted by Gasteiger charge is -2.22. The highest BCUT2D eigenvalue weighted by molar-refractivity contribution is 6.35. The summed E-state index contributed by atoms with van der Waals surface area (Å²) < 4.78 is 0. The molecule has 0 aromatic heterocycles. The topological polar surface area (TPSA) is 66.7 Å². The van der Waals surface area contributed by atoms with Crippen molar-refractivity contribution in [1.29, 1.82) is 0 Å². The Bertz CT molecular complexity index is 520. The maximum Gasteiger partial charge on any atom is 0.288 e. The van der Waals surface area contributed by atoms with E-state index in [0.29, 0.717) is 13.1 Å². The number of rotatable bonds is 7. The van der Waals surface area contributed by atoms with E-state index >= 15 is 0 Å². The van der Waals surface area contributed by atoms with Crippen LogP contribution in [0.1, 0.15) is 23.7 Å². The molecule has 0 aliphatic rings. The van der Waals surface area contributed by atoms with Crippen LogP contribution in [0.5, 0.6) is 0 Å². The minimum atomic E-state index is -0.582. The van der Waals surface area contributed by atoms with Crippen molar-refractivity contribution in [3.63, 3.8) is 0 Å². The smallest absolute Gasteiger partial charge is 0.288 e. The van der Waals surface area contributed by atoms with Crippen LogP contribution in [0.2, 0.25) is 5.02 Å². The third-order valence-corrected chi connectivity index (χ3v) is 3.50. The van der Waals surface area contributed by atoms with Gasteiger partial charge in [0.05, 0.1) is 10.5 Å². The van der Waals surface area contributed by atoms with Gasteiger partial charge in [0.25, 0.3) is 11.6 Å². The molecule has 0 spiro atoms. The lowest BCUT2D eigenvalue weighted by molar-refractivity contribution is -0.384. The number of carbonyl (C=O) groups excluding carboxylic acids is 1. The molecular formula is C14H20ClN3O3. The lowest BCUT2D eigenvalue weighted by Crippen LogP contribution is -2.33. The molecule has 1 aromatic rings. The fourth-order valence-corrected chi connectivity index (χ4v) is 2.25. The van der Waals surface area contributed by atoms with Gasteiger partial charge in [0.15, 0.2) is 0 Å². The summed E-state index contributed by atoms with van der Waals surface area (Å²) in [6, 6.07) is 4.29. The number of halogens is 1. The normalized spacial score (nSPS) is 10.7. The van der Waals surface area contributed by atoms with E-state index in [4.69, 9.17) is 11.6 Å². The van der Waals surface area contributed by atoms with Gasteiger partial charge < -0.3 is 9.80 Å². The van der Waals surface area contributed by atoms with E-state index in [1.807, 2.05) is 25.9 Å². The van der Waals surface area contributed by atoms with E-state index in [2.05, 4.69) is 0 Å². The number of nitro groups is 1. The SMILES string of the molecule is CCN(CCCN(C)C)C(=O)c1cccc([N+](=O)[O-])c1Cl. The van der Waals surface area contributed by atoms with Crippen LogP contribution in [0.25, 0.3) is 0 Å². The largest absolute Gasteiger partial charge is 0.339 e. The predicted molar refractivity (Wildman–Crippen MR) is 82.9 cm³/mol. The highest BCUT2D eigenvalue weighted by Crippen LogP contribution is 2.28. The Morgan fingerprint density at radius 2 is 2.00 bits per heavy atom. The third-order valence-electron chi connectivity index (χ3n) is 3.11. The molecule has 0 N–H and O–H groups in total. The molecule has 0 aliphatic carbocycles. The van der Waals surface area contributed by atoms with Gasteiger partial charge in [-0.1, -0.05) is 17.7 Å². The van der Waals surface area contributed by atoms with Crippen LogP contribution in [-0.2, 0) is 0 Å². The van der Waals surface area contributed by atoms with Crippen molar-refractivity contribution in [1.82, 2.24) is 9.80 Å². The van der Waals surface area contributed by atoms with Crippen LogP contribution in [0, 0.1) is 10.1 Å². The molecule has 0 aliphatic heterocycles. The second-order valence-electron chi connectivity index (χ2n) is 4.94. The zero-order valence-electron chi connectivity index (χ0n) is 12.5. The molecule has 0 bridgehead atoms. The number of nitrogens with zero attached hydrogens (tertiary/aromatic N) is 3. The standard InChI is InChI=1S/C14H20ClN3O3/c1-4-17(10-6-9-16(2)3)14(19)11-7-5-8-12(13(11)15)18(20)21/h5,7-8H,4,6,9-10H2,1-3H3. The molecule has 0 fully saturated rings. The fraction of sp³-hybridized carbons (Fsp3) is 0.500. The van der Waals surface area contributed by atoms with Crippen molar-refractivity contribution < 1.29 is 9.72 Å². The molecule has 6 nitrogen and oxygen atoms in total. The maximum absolute atomic E-state index is 12.5. The fourth-order valence-electron chi connectivity index (χ4n) is 1.98. The van der Waals surface area contributed by atoms with Gasteiger partial charge in [-0.25, -0.2) is 0 Å². The van der Waals surface area contributed by atoms with Crippen molar-refractivity contribution in [3.05, 3.63) is 38.9 Å². The average Bonchev–Trinajstić information content (AvgIpc) is 2.42. The van der Waals surface area contributed by atoms with Crippen molar-refractivity contribution in [2.75, 3.05) is 33.7 Å². The quantitative estimate of drug-likeness (QED) is 0.573. The van der Waals surface area contributed by atoms with Gasteiger partial charge in [-0.3, -0.25) is 14.9 Å². The van der Waals surface area contributed by atoms with Crippen LogP contribution < -0.4 is 0 Å². The molecule has 0 saturated heterocycles. The maximum atomic E-state index is 12.5. The molecule has 0 heterocycles. The van der Waals surface area contributed by atoms with Gasteiger partial charge >= 0.3 is 0 Å². The molecule has 0 radical (unpaired) electrons. The van der Waals surface area contributed by atoms with Gasteiger partial charge in [-0.2, -0.15) is 0 Å². The van der Waals surface area contributed by atoms with Crippen molar-refractivity contribution in [2.45, 2.75) is 13.3 Å². The number of amides is 1. The Labute approximate surface area is 129 Å². The van der Waals surface area contributed by atoms with E-state index in [0.717, 1.165) is 13.0 Å². The molecule has 1 amide bonds.